The number of terminal acetylenes is 1. The zero-order valence-electron chi connectivity index (χ0n) is 10.7. The lowest BCUT2D eigenvalue weighted by Crippen LogP contribution is -1.98. The molecule has 0 aromatic rings. The SMILES string of the molecule is C#CCOC1=CC(C)CC=C1.CC.CC. The molecule has 0 N–H and O–H groups in total. The number of hydrogen-bond donors (Lipinski definition) is 0. The van der Waals surface area contributed by atoms with Gasteiger partial charge in [0.05, 0.1) is 0 Å². The van der Waals surface area contributed by atoms with Gasteiger partial charge in [-0.2, -0.15) is 0 Å². The summed E-state index contributed by atoms with van der Waals surface area (Å²) in [5, 5.41) is 0. The highest BCUT2D eigenvalue weighted by molar-refractivity contribution is 5.18. The van der Waals surface area contributed by atoms with Gasteiger partial charge in [0.2, 0.25) is 0 Å². The van der Waals surface area contributed by atoms with E-state index in [1.807, 2.05) is 33.8 Å². The molecule has 1 aliphatic carbocycles. The third-order valence-corrected chi connectivity index (χ3v) is 1.56. The molecule has 0 aromatic heterocycles. The Hall–Kier alpha value is -1.16. The van der Waals surface area contributed by atoms with Crippen LogP contribution in [0.15, 0.2) is 24.0 Å². The molecule has 0 saturated carbocycles. The van der Waals surface area contributed by atoms with Crippen LogP contribution in [0.1, 0.15) is 41.0 Å². The maximum atomic E-state index is 5.24. The van der Waals surface area contributed by atoms with Crippen molar-refractivity contribution in [3.05, 3.63) is 24.0 Å². The first kappa shape index (κ1) is 16.3. The van der Waals surface area contributed by atoms with Gasteiger partial charge in [-0.3, -0.25) is 0 Å². The molecule has 1 rings (SSSR count). The van der Waals surface area contributed by atoms with Crippen molar-refractivity contribution in [2.45, 2.75) is 41.0 Å². The number of rotatable bonds is 2. The summed E-state index contributed by atoms with van der Waals surface area (Å²) in [6.07, 6.45) is 12.3. The van der Waals surface area contributed by atoms with Crippen LogP contribution in [0.25, 0.3) is 0 Å². The Labute approximate surface area is 95.2 Å². The van der Waals surface area contributed by atoms with Gasteiger partial charge in [-0.15, -0.1) is 6.42 Å². The lowest BCUT2D eigenvalue weighted by molar-refractivity contribution is 0.262. The molecule has 0 fully saturated rings. The van der Waals surface area contributed by atoms with Crippen molar-refractivity contribution in [1.29, 1.82) is 0 Å². The second-order valence-corrected chi connectivity index (χ2v) is 2.68. The summed E-state index contributed by atoms with van der Waals surface area (Å²) in [6.45, 7) is 10.5. The molecule has 1 aliphatic rings. The molecule has 0 spiro atoms. The second-order valence-electron chi connectivity index (χ2n) is 2.68. The Balaban J connectivity index is 0. The maximum Gasteiger partial charge on any atom is 0.148 e. The van der Waals surface area contributed by atoms with E-state index in [-0.39, 0.29) is 0 Å². The van der Waals surface area contributed by atoms with Crippen LogP contribution >= 0.6 is 0 Å². The Morgan fingerprint density at radius 1 is 1.40 bits per heavy atom. The van der Waals surface area contributed by atoms with Crippen molar-refractivity contribution in [2.24, 2.45) is 5.92 Å². The fourth-order valence-corrected chi connectivity index (χ4v) is 1.02. The third kappa shape index (κ3) is 9.15. The van der Waals surface area contributed by atoms with Crippen molar-refractivity contribution in [1.82, 2.24) is 0 Å². The molecular formula is C14H24O. The highest BCUT2D eigenvalue weighted by Gasteiger charge is 2.03. The first-order valence-electron chi connectivity index (χ1n) is 5.77. The van der Waals surface area contributed by atoms with Crippen LogP contribution in [0, 0.1) is 18.3 Å². The van der Waals surface area contributed by atoms with Crippen LogP contribution in [0.2, 0.25) is 0 Å². The molecule has 1 unspecified atom stereocenters. The summed E-state index contributed by atoms with van der Waals surface area (Å²) in [5.74, 6) is 3.91. The minimum atomic E-state index is 0.364. The van der Waals surface area contributed by atoms with Crippen LogP contribution in [0.5, 0.6) is 0 Å². The molecule has 1 atom stereocenters. The molecule has 0 amide bonds. The molecule has 0 aromatic carbocycles. The van der Waals surface area contributed by atoms with E-state index >= 15 is 0 Å². The van der Waals surface area contributed by atoms with Crippen LogP contribution in [0.3, 0.4) is 0 Å². The normalized spacial score (nSPS) is 17.1. The van der Waals surface area contributed by atoms with E-state index in [0.29, 0.717) is 12.5 Å². The molecule has 15 heavy (non-hydrogen) atoms. The van der Waals surface area contributed by atoms with Crippen LogP contribution in [-0.4, -0.2) is 6.61 Å². The van der Waals surface area contributed by atoms with Gasteiger partial charge in [-0.1, -0.05) is 46.6 Å². The summed E-state index contributed by atoms with van der Waals surface area (Å²) >= 11 is 0. The van der Waals surface area contributed by atoms with Crippen LogP contribution in [0.4, 0.5) is 0 Å². The first-order valence-corrected chi connectivity index (χ1v) is 5.77. The molecule has 0 radical (unpaired) electrons. The predicted molar refractivity (Wildman–Crippen MR) is 68.5 cm³/mol. The summed E-state index contributed by atoms with van der Waals surface area (Å²) in [5.41, 5.74) is 0. The van der Waals surface area contributed by atoms with Gasteiger partial charge in [0, 0.05) is 0 Å². The Bertz CT molecular complexity index is 218. The van der Waals surface area contributed by atoms with Gasteiger partial charge in [-0.25, -0.2) is 0 Å². The van der Waals surface area contributed by atoms with Gasteiger partial charge in [0.25, 0.3) is 0 Å². The molecule has 0 heterocycles. The van der Waals surface area contributed by atoms with Gasteiger partial charge in [0.15, 0.2) is 0 Å². The maximum absolute atomic E-state index is 5.24. The van der Waals surface area contributed by atoms with Crippen molar-refractivity contribution >= 4 is 0 Å². The van der Waals surface area contributed by atoms with Gasteiger partial charge < -0.3 is 4.74 Å². The van der Waals surface area contributed by atoms with E-state index in [1.165, 1.54) is 0 Å². The Kier molecular flexibility index (Phi) is 13.9. The molecular weight excluding hydrogens is 184 g/mol. The monoisotopic (exact) mass is 208 g/mol. The molecule has 0 aliphatic heterocycles. The number of ether oxygens (including phenoxy) is 1. The molecule has 0 saturated heterocycles. The lowest BCUT2D eigenvalue weighted by Gasteiger charge is -2.11. The van der Waals surface area contributed by atoms with E-state index in [2.05, 4.69) is 25.0 Å². The average molecular weight is 208 g/mol. The minimum Gasteiger partial charge on any atom is -0.481 e. The summed E-state index contributed by atoms with van der Waals surface area (Å²) in [6, 6.07) is 0. The minimum absolute atomic E-state index is 0.364. The molecule has 86 valence electrons. The van der Waals surface area contributed by atoms with E-state index in [4.69, 9.17) is 11.2 Å². The highest BCUT2D eigenvalue weighted by atomic mass is 16.5. The van der Waals surface area contributed by atoms with Gasteiger partial charge >= 0.3 is 0 Å². The van der Waals surface area contributed by atoms with E-state index in [1.54, 1.807) is 0 Å². The Morgan fingerprint density at radius 2 is 2.00 bits per heavy atom. The lowest BCUT2D eigenvalue weighted by atomic mass is 10.0. The predicted octanol–water partition coefficient (Wildman–Crippen LogP) is 4.17. The summed E-state index contributed by atoms with van der Waals surface area (Å²) < 4.78 is 5.24. The smallest absolute Gasteiger partial charge is 0.148 e. The van der Waals surface area contributed by atoms with Crippen molar-refractivity contribution < 1.29 is 4.74 Å². The van der Waals surface area contributed by atoms with E-state index in [9.17, 15) is 0 Å². The largest absolute Gasteiger partial charge is 0.481 e. The highest BCUT2D eigenvalue weighted by Crippen LogP contribution is 2.16. The quantitative estimate of drug-likeness (QED) is 0.619. The second kappa shape index (κ2) is 12.8. The molecule has 1 heteroatoms. The van der Waals surface area contributed by atoms with Crippen molar-refractivity contribution in [3.8, 4) is 12.3 Å². The van der Waals surface area contributed by atoms with Crippen molar-refractivity contribution in [3.63, 3.8) is 0 Å². The van der Waals surface area contributed by atoms with Gasteiger partial charge in [0.1, 0.15) is 12.4 Å². The summed E-state index contributed by atoms with van der Waals surface area (Å²) in [4.78, 5) is 0. The topological polar surface area (TPSA) is 9.23 Å². The van der Waals surface area contributed by atoms with Crippen molar-refractivity contribution in [2.75, 3.05) is 6.61 Å². The zero-order valence-corrected chi connectivity index (χ0v) is 10.7. The standard InChI is InChI=1S/C10H12O.2C2H6/c1-3-7-11-10-6-4-5-9(2)8-10;2*1-2/h1,4,6,8-9H,5,7H2,2H3;2*1-2H3. The number of hydrogen-bond acceptors (Lipinski definition) is 1. The van der Waals surface area contributed by atoms with E-state index in [0.717, 1.165) is 12.2 Å². The average Bonchev–Trinajstić information content (AvgIpc) is 2.32. The van der Waals surface area contributed by atoms with Crippen LogP contribution in [-0.2, 0) is 4.74 Å². The van der Waals surface area contributed by atoms with Gasteiger partial charge in [-0.05, 0) is 24.5 Å². The zero-order chi connectivity index (χ0) is 12.1. The molecule has 1 nitrogen and oxygen atoms in total. The fraction of sp³-hybridized carbons (Fsp3) is 0.571. The molecule has 0 bridgehead atoms. The van der Waals surface area contributed by atoms with Crippen LogP contribution < -0.4 is 0 Å². The Morgan fingerprint density at radius 3 is 2.47 bits per heavy atom. The fourth-order valence-electron chi connectivity index (χ4n) is 1.02. The third-order valence-electron chi connectivity index (χ3n) is 1.56. The number of allylic oxidation sites excluding steroid dienone is 3. The summed E-state index contributed by atoms with van der Waals surface area (Å²) in [7, 11) is 0. The van der Waals surface area contributed by atoms with E-state index < -0.39 is 0 Å². The first-order chi connectivity index (χ1) is 7.33.